The minimum atomic E-state index is -4.86. The van der Waals surface area contributed by atoms with Crippen molar-refractivity contribution in [3.05, 3.63) is 102 Å². The minimum Gasteiger partial charge on any atom is -0.344 e. The molecule has 1 fully saturated rings. The highest BCUT2D eigenvalue weighted by molar-refractivity contribution is 7.86. The van der Waals surface area contributed by atoms with Gasteiger partial charge in [-0.25, -0.2) is 10.9 Å². The SMILES string of the molecule is Cc1ccc(S(=O)(=O)ON=C(c2ccccc2)C(F)(F)F)cc1.FC(F)(F)C1(c2ccccc2)NN1.N. The quantitative estimate of drug-likeness (QED) is 0.171. The highest BCUT2D eigenvalue weighted by Crippen LogP contribution is 2.41. The van der Waals surface area contributed by atoms with Gasteiger partial charge in [-0.15, -0.1) is 0 Å². The van der Waals surface area contributed by atoms with Crippen LogP contribution in [-0.4, -0.2) is 26.5 Å². The molecule has 37 heavy (non-hydrogen) atoms. The van der Waals surface area contributed by atoms with Crippen molar-refractivity contribution < 1.29 is 39.0 Å². The van der Waals surface area contributed by atoms with Crippen LogP contribution in [0.1, 0.15) is 16.7 Å². The lowest BCUT2D eigenvalue weighted by atomic mass is 10.0. The van der Waals surface area contributed by atoms with E-state index in [0.29, 0.717) is 0 Å². The summed E-state index contributed by atoms with van der Waals surface area (Å²) in [6, 6.07) is 19.8. The van der Waals surface area contributed by atoms with E-state index in [-0.39, 0.29) is 22.2 Å². The number of benzene rings is 3. The van der Waals surface area contributed by atoms with Gasteiger partial charge >= 0.3 is 22.5 Å². The largest absolute Gasteiger partial charge is 0.437 e. The Morgan fingerprint density at radius 1 is 0.811 bits per heavy atom. The average Bonchev–Trinajstić information content (AvgIpc) is 3.63. The van der Waals surface area contributed by atoms with Crippen molar-refractivity contribution >= 4 is 15.8 Å². The fourth-order valence-electron chi connectivity index (χ4n) is 2.90. The Bertz CT molecular complexity index is 1290. The molecule has 7 nitrogen and oxygen atoms in total. The van der Waals surface area contributed by atoms with Gasteiger partial charge in [0.1, 0.15) is 4.90 Å². The Morgan fingerprint density at radius 2 is 1.30 bits per heavy atom. The number of nitrogens with zero attached hydrogens (tertiary/aromatic N) is 1. The summed E-state index contributed by atoms with van der Waals surface area (Å²) in [6.45, 7) is 1.74. The number of hydrazine groups is 1. The summed E-state index contributed by atoms with van der Waals surface area (Å²) in [5.74, 6) is 0. The summed E-state index contributed by atoms with van der Waals surface area (Å²) in [4.78, 5) is -0.276. The van der Waals surface area contributed by atoms with E-state index in [4.69, 9.17) is 0 Å². The molecule has 0 radical (unpaired) electrons. The first-order valence-electron chi connectivity index (χ1n) is 10.1. The van der Waals surface area contributed by atoms with E-state index in [2.05, 4.69) is 20.3 Å². The van der Waals surface area contributed by atoms with E-state index >= 15 is 0 Å². The second kappa shape index (κ2) is 11.3. The fourth-order valence-corrected chi connectivity index (χ4v) is 3.63. The molecule has 3 aromatic carbocycles. The summed E-state index contributed by atoms with van der Waals surface area (Å²) < 4.78 is 105. The van der Waals surface area contributed by atoms with Crippen LogP contribution in [-0.2, 0) is 20.1 Å². The van der Waals surface area contributed by atoms with Crippen LogP contribution >= 0.6 is 0 Å². The zero-order chi connectivity index (χ0) is 26.6. The van der Waals surface area contributed by atoms with Crippen molar-refractivity contribution in [3.8, 4) is 0 Å². The zero-order valence-electron chi connectivity index (χ0n) is 19.1. The number of aryl methyl sites for hydroxylation is 1. The van der Waals surface area contributed by atoms with Crippen molar-refractivity contribution in [2.45, 2.75) is 29.8 Å². The molecule has 1 saturated heterocycles. The third-order valence-corrected chi connectivity index (χ3v) is 5.98. The van der Waals surface area contributed by atoms with Crippen molar-refractivity contribution in [3.63, 3.8) is 0 Å². The normalized spacial score (nSPS) is 15.1. The third kappa shape index (κ3) is 7.29. The lowest BCUT2D eigenvalue weighted by Gasteiger charge is -2.15. The second-order valence-corrected chi connectivity index (χ2v) is 9.04. The first-order valence-corrected chi connectivity index (χ1v) is 11.5. The van der Waals surface area contributed by atoms with Gasteiger partial charge in [0.2, 0.25) is 5.66 Å². The lowest BCUT2D eigenvalue weighted by Crippen LogP contribution is -2.34. The van der Waals surface area contributed by atoms with E-state index < -0.39 is 33.8 Å². The summed E-state index contributed by atoms with van der Waals surface area (Å²) in [5, 5.41) is 2.84. The molecule has 14 heteroatoms. The van der Waals surface area contributed by atoms with E-state index in [1.165, 1.54) is 54.6 Å². The lowest BCUT2D eigenvalue weighted by molar-refractivity contribution is -0.165. The molecule has 1 heterocycles. The van der Waals surface area contributed by atoms with Gasteiger partial charge in [-0.3, -0.25) is 4.28 Å². The molecule has 0 saturated carbocycles. The van der Waals surface area contributed by atoms with E-state index in [9.17, 15) is 34.8 Å². The van der Waals surface area contributed by atoms with Crippen LogP contribution in [0.2, 0.25) is 0 Å². The summed E-state index contributed by atoms with van der Waals surface area (Å²) in [6.07, 6.45) is -9.17. The van der Waals surface area contributed by atoms with Crippen LogP contribution in [0.15, 0.2) is 95.0 Å². The first kappa shape index (κ1) is 29.8. The smallest absolute Gasteiger partial charge is 0.344 e. The van der Waals surface area contributed by atoms with Crippen molar-refractivity contribution in [2.75, 3.05) is 0 Å². The van der Waals surface area contributed by atoms with Crippen LogP contribution in [0.25, 0.3) is 0 Å². The number of rotatable bonds is 5. The monoisotopic (exact) mass is 548 g/mol. The number of alkyl halides is 6. The molecule has 0 amide bonds. The Balaban J connectivity index is 0.000000291. The zero-order valence-corrected chi connectivity index (χ0v) is 20.0. The molecule has 0 aliphatic carbocycles. The van der Waals surface area contributed by atoms with Crippen LogP contribution in [0.5, 0.6) is 0 Å². The van der Waals surface area contributed by atoms with E-state index in [0.717, 1.165) is 17.7 Å². The molecule has 0 aromatic heterocycles. The maximum absolute atomic E-state index is 13.0. The van der Waals surface area contributed by atoms with Gasteiger partial charge in [0.15, 0.2) is 5.71 Å². The van der Waals surface area contributed by atoms with Crippen molar-refractivity contribution in [1.29, 1.82) is 0 Å². The second-order valence-electron chi connectivity index (χ2n) is 7.51. The predicted molar refractivity (Wildman–Crippen MR) is 124 cm³/mol. The van der Waals surface area contributed by atoms with Crippen LogP contribution in [0.4, 0.5) is 26.3 Å². The molecule has 0 spiro atoms. The van der Waals surface area contributed by atoms with Gasteiger partial charge in [-0.05, 0) is 24.6 Å². The van der Waals surface area contributed by atoms with Crippen LogP contribution in [0.3, 0.4) is 0 Å². The number of hydrogen-bond donors (Lipinski definition) is 3. The van der Waals surface area contributed by atoms with E-state index in [1.54, 1.807) is 25.1 Å². The Labute approximate surface area is 208 Å². The number of oxime groups is 1. The fraction of sp³-hybridized carbons (Fsp3) is 0.174. The van der Waals surface area contributed by atoms with Crippen LogP contribution in [0, 0.1) is 6.92 Å². The summed E-state index contributed by atoms with van der Waals surface area (Å²) in [7, 11) is -4.43. The number of nitrogens with one attached hydrogen (secondary N) is 2. The molecular weight excluding hydrogens is 526 g/mol. The predicted octanol–water partition coefficient (Wildman–Crippen LogP) is 5.34. The molecule has 4 rings (SSSR count). The Hall–Kier alpha value is -3.46. The number of halogens is 6. The van der Waals surface area contributed by atoms with Crippen LogP contribution < -0.4 is 17.0 Å². The maximum Gasteiger partial charge on any atom is 0.437 e. The van der Waals surface area contributed by atoms with Gasteiger partial charge in [0.25, 0.3) is 0 Å². The average molecular weight is 549 g/mol. The maximum atomic E-state index is 13.0. The Morgan fingerprint density at radius 3 is 1.73 bits per heavy atom. The molecule has 0 atom stereocenters. The summed E-state index contributed by atoms with van der Waals surface area (Å²) >= 11 is 0. The van der Waals surface area contributed by atoms with Crippen molar-refractivity contribution in [1.82, 2.24) is 17.0 Å². The molecular formula is C23H22F6N4O3S. The first-order chi connectivity index (χ1) is 16.8. The summed E-state index contributed by atoms with van der Waals surface area (Å²) in [5.41, 5.74) is 1.51. The topological polar surface area (TPSA) is 135 Å². The molecule has 5 N–H and O–H groups in total. The van der Waals surface area contributed by atoms with Gasteiger partial charge in [-0.1, -0.05) is 83.5 Å². The highest BCUT2D eigenvalue weighted by Gasteiger charge is 2.65. The third-order valence-electron chi connectivity index (χ3n) is 4.86. The van der Waals surface area contributed by atoms with Crippen molar-refractivity contribution in [2.24, 2.45) is 5.16 Å². The molecule has 1 aliphatic rings. The van der Waals surface area contributed by atoms with Gasteiger partial charge in [0, 0.05) is 5.56 Å². The molecule has 3 aromatic rings. The van der Waals surface area contributed by atoms with E-state index in [1.807, 2.05) is 0 Å². The van der Waals surface area contributed by atoms with Gasteiger partial charge < -0.3 is 6.15 Å². The van der Waals surface area contributed by atoms with Gasteiger partial charge in [0.05, 0.1) is 0 Å². The highest BCUT2D eigenvalue weighted by atomic mass is 32.2. The molecule has 1 aliphatic heterocycles. The Kier molecular flexibility index (Phi) is 9.09. The number of hydrogen-bond acceptors (Lipinski definition) is 7. The minimum absolute atomic E-state index is 0. The molecule has 200 valence electrons. The molecule has 0 unspecified atom stereocenters. The molecule has 0 bridgehead atoms. The van der Waals surface area contributed by atoms with Gasteiger partial charge in [-0.2, -0.15) is 34.8 Å². The standard InChI is InChI=1S/C15H12F3NO3S.C8H7F3N2.H3N/c1-11-7-9-13(10-8-11)23(20,21)22-19-14(15(16,17)18)12-5-3-2-4-6-12;9-8(10,11)7(12-13-7)6-4-2-1-3-5-6;/h2-10H,1H3;1-5,12-13H;1H3.